The number of rotatable bonds is 4. The van der Waals surface area contributed by atoms with Crippen LogP contribution in [0.15, 0.2) is 22.8 Å². The summed E-state index contributed by atoms with van der Waals surface area (Å²) in [5, 5.41) is 0. The summed E-state index contributed by atoms with van der Waals surface area (Å²) in [4.78, 5) is 20.7. The molecule has 0 saturated heterocycles. The van der Waals surface area contributed by atoms with Crippen molar-refractivity contribution in [3.63, 3.8) is 0 Å². The minimum Gasteiger partial charge on any atom is -0.461 e. The Morgan fingerprint density at radius 3 is 3.00 bits per heavy atom. The molecule has 1 aromatic heterocycles. The average molecular weight is 179 g/mol. The Bertz CT molecular complexity index is 338. The van der Waals surface area contributed by atoms with Gasteiger partial charge in [0.15, 0.2) is 12.0 Å². The molecule has 0 saturated carbocycles. The summed E-state index contributed by atoms with van der Waals surface area (Å²) in [7, 11) is 0. The zero-order valence-corrected chi connectivity index (χ0v) is 6.90. The third-order valence-electron chi connectivity index (χ3n) is 1.45. The third-order valence-corrected chi connectivity index (χ3v) is 1.45. The maximum Gasteiger partial charge on any atom is 0.221 e. The SMILES string of the molecule is NC(=O)CC=Cc1ccoc1C=O. The number of furan rings is 1. The van der Waals surface area contributed by atoms with Crippen LogP contribution in [0, 0.1) is 0 Å². The standard InChI is InChI=1S/C9H9NO3/c10-9(12)3-1-2-7-4-5-13-8(7)6-11/h1-2,4-6H,3H2,(H2,10,12). The van der Waals surface area contributed by atoms with Gasteiger partial charge < -0.3 is 10.2 Å². The fourth-order valence-corrected chi connectivity index (χ4v) is 0.866. The molecule has 0 aromatic carbocycles. The number of nitrogens with two attached hydrogens (primary N) is 1. The van der Waals surface area contributed by atoms with Crippen LogP contribution in [0.1, 0.15) is 22.5 Å². The molecule has 1 aromatic rings. The predicted molar refractivity (Wildman–Crippen MR) is 46.9 cm³/mol. The van der Waals surface area contributed by atoms with E-state index >= 15 is 0 Å². The van der Waals surface area contributed by atoms with E-state index in [2.05, 4.69) is 0 Å². The number of carbonyl (C=O) groups excluding carboxylic acids is 2. The molecule has 0 aliphatic heterocycles. The number of carbonyl (C=O) groups is 2. The van der Waals surface area contributed by atoms with Crippen LogP contribution in [0.3, 0.4) is 0 Å². The van der Waals surface area contributed by atoms with Gasteiger partial charge in [0.05, 0.1) is 6.26 Å². The van der Waals surface area contributed by atoms with Crippen LogP contribution in [0.25, 0.3) is 6.08 Å². The van der Waals surface area contributed by atoms with Crippen molar-refractivity contribution in [3.05, 3.63) is 29.7 Å². The molecule has 0 spiro atoms. The molecule has 68 valence electrons. The highest BCUT2D eigenvalue weighted by Gasteiger charge is 2.00. The van der Waals surface area contributed by atoms with Crippen LogP contribution in [-0.2, 0) is 4.79 Å². The summed E-state index contributed by atoms with van der Waals surface area (Å²) in [6.45, 7) is 0. The molecule has 13 heavy (non-hydrogen) atoms. The van der Waals surface area contributed by atoms with Crippen molar-refractivity contribution in [2.75, 3.05) is 0 Å². The fourth-order valence-electron chi connectivity index (χ4n) is 0.866. The van der Waals surface area contributed by atoms with E-state index in [0.29, 0.717) is 11.8 Å². The Labute approximate surface area is 75.0 Å². The summed E-state index contributed by atoms with van der Waals surface area (Å²) in [5.74, 6) is -0.159. The molecule has 4 heteroatoms. The van der Waals surface area contributed by atoms with Gasteiger partial charge in [0.2, 0.25) is 5.91 Å². The van der Waals surface area contributed by atoms with Gasteiger partial charge in [0.25, 0.3) is 0 Å². The van der Waals surface area contributed by atoms with Crippen LogP contribution in [-0.4, -0.2) is 12.2 Å². The van der Waals surface area contributed by atoms with E-state index in [-0.39, 0.29) is 12.2 Å². The van der Waals surface area contributed by atoms with Gasteiger partial charge in [-0.15, -0.1) is 0 Å². The van der Waals surface area contributed by atoms with E-state index in [0.717, 1.165) is 0 Å². The number of amides is 1. The Hall–Kier alpha value is -1.84. The minimum absolute atomic E-state index is 0.156. The summed E-state index contributed by atoms with van der Waals surface area (Å²) in [6, 6.07) is 1.64. The third kappa shape index (κ3) is 2.59. The van der Waals surface area contributed by atoms with Crippen molar-refractivity contribution in [1.82, 2.24) is 0 Å². The molecule has 0 unspecified atom stereocenters. The van der Waals surface area contributed by atoms with E-state index in [1.54, 1.807) is 18.2 Å². The fraction of sp³-hybridized carbons (Fsp3) is 0.111. The molecule has 4 nitrogen and oxygen atoms in total. The van der Waals surface area contributed by atoms with E-state index < -0.39 is 5.91 Å². The zero-order valence-electron chi connectivity index (χ0n) is 6.90. The molecule has 0 aliphatic carbocycles. The second-order valence-electron chi connectivity index (χ2n) is 2.43. The van der Waals surface area contributed by atoms with Crippen molar-refractivity contribution >= 4 is 18.3 Å². The van der Waals surface area contributed by atoms with E-state index in [1.165, 1.54) is 6.26 Å². The number of aldehydes is 1. The summed E-state index contributed by atoms with van der Waals surface area (Å²) >= 11 is 0. The first kappa shape index (κ1) is 9.25. The molecule has 0 aliphatic rings. The lowest BCUT2D eigenvalue weighted by Crippen LogP contribution is -2.07. The van der Waals surface area contributed by atoms with Gasteiger partial charge in [0, 0.05) is 12.0 Å². The Kier molecular flexibility index (Phi) is 3.03. The first-order chi connectivity index (χ1) is 6.24. The van der Waals surface area contributed by atoms with Crippen LogP contribution in [0.4, 0.5) is 0 Å². The molecule has 0 atom stereocenters. The van der Waals surface area contributed by atoms with Gasteiger partial charge in [-0.2, -0.15) is 0 Å². The predicted octanol–water partition coefficient (Wildman–Crippen LogP) is 0.981. The Morgan fingerprint density at radius 2 is 2.38 bits per heavy atom. The van der Waals surface area contributed by atoms with Crippen molar-refractivity contribution < 1.29 is 14.0 Å². The maximum absolute atomic E-state index is 10.4. The van der Waals surface area contributed by atoms with E-state index in [4.69, 9.17) is 10.2 Å². The molecule has 2 N–H and O–H groups in total. The monoisotopic (exact) mass is 179 g/mol. The van der Waals surface area contributed by atoms with Crippen LogP contribution in [0.5, 0.6) is 0 Å². The number of primary amides is 1. The number of hydrogen-bond acceptors (Lipinski definition) is 3. The van der Waals surface area contributed by atoms with Gasteiger partial charge in [-0.25, -0.2) is 0 Å². The molecule has 0 radical (unpaired) electrons. The van der Waals surface area contributed by atoms with Gasteiger partial charge in [0.1, 0.15) is 0 Å². The quantitative estimate of drug-likeness (QED) is 0.700. The van der Waals surface area contributed by atoms with Crippen molar-refractivity contribution in [1.29, 1.82) is 0 Å². The van der Waals surface area contributed by atoms with Gasteiger partial charge >= 0.3 is 0 Å². The van der Waals surface area contributed by atoms with E-state index in [1.807, 2.05) is 0 Å². The molecular formula is C9H9NO3. The lowest BCUT2D eigenvalue weighted by atomic mass is 10.2. The van der Waals surface area contributed by atoms with Gasteiger partial charge in [-0.05, 0) is 6.07 Å². The summed E-state index contributed by atoms with van der Waals surface area (Å²) in [5.41, 5.74) is 5.57. The normalized spacial score (nSPS) is 10.5. The van der Waals surface area contributed by atoms with Crippen LogP contribution < -0.4 is 5.73 Å². The van der Waals surface area contributed by atoms with Crippen molar-refractivity contribution in [3.8, 4) is 0 Å². The molecule has 0 bridgehead atoms. The van der Waals surface area contributed by atoms with Crippen LogP contribution >= 0.6 is 0 Å². The number of hydrogen-bond donors (Lipinski definition) is 1. The van der Waals surface area contributed by atoms with Gasteiger partial charge in [-0.3, -0.25) is 9.59 Å². The first-order valence-electron chi connectivity index (χ1n) is 3.71. The van der Waals surface area contributed by atoms with Gasteiger partial charge in [-0.1, -0.05) is 12.2 Å². The minimum atomic E-state index is -0.410. The molecule has 1 heterocycles. The summed E-state index contributed by atoms with van der Waals surface area (Å²) in [6.07, 6.45) is 5.39. The lowest BCUT2D eigenvalue weighted by Gasteiger charge is -1.86. The second-order valence-corrected chi connectivity index (χ2v) is 2.43. The molecule has 0 fully saturated rings. The summed E-state index contributed by atoms with van der Waals surface area (Å²) < 4.78 is 4.84. The lowest BCUT2D eigenvalue weighted by molar-refractivity contribution is -0.117. The van der Waals surface area contributed by atoms with Crippen molar-refractivity contribution in [2.24, 2.45) is 5.73 Å². The highest BCUT2D eigenvalue weighted by Crippen LogP contribution is 2.09. The largest absolute Gasteiger partial charge is 0.461 e. The molecule has 1 rings (SSSR count). The maximum atomic E-state index is 10.4. The Balaban J connectivity index is 2.67. The highest BCUT2D eigenvalue weighted by molar-refractivity contribution is 5.80. The molecular weight excluding hydrogens is 170 g/mol. The topological polar surface area (TPSA) is 73.3 Å². The first-order valence-corrected chi connectivity index (χ1v) is 3.71. The van der Waals surface area contributed by atoms with E-state index in [9.17, 15) is 9.59 Å². The second kappa shape index (κ2) is 4.25. The average Bonchev–Trinajstić information content (AvgIpc) is 2.51. The van der Waals surface area contributed by atoms with Crippen LogP contribution in [0.2, 0.25) is 0 Å². The highest BCUT2D eigenvalue weighted by atomic mass is 16.3. The molecule has 1 amide bonds. The van der Waals surface area contributed by atoms with Crippen molar-refractivity contribution in [2.45, 2.75) is 6.42 Å². The Morgan fingerprint density at radius 1 is 1.62 bits per heavy atom. The smallest absolute Gasteiger partial charge is 0.221 e. The zero-order chi connectivity index (χ0) is 9.68.